The number of hydrogen-bond donors (Lipinski definition) is 0. The van der Waals surface area contributed by atoms with Gasteiger partial charge in [-0.1, -0.05) is 30.3 Å². The zero-order valence-corrected chi connectivity index (χ0v) is 11.8. The van der Waals surface area contributed by atoms with Crippen LogP contribution in [-0.4, -0.2) is 27.8 Å². The Bertz CT molecular complexity index is 449. The van der Waals surface area contributed by atoms with Crippen LogP contribution in [0.15, 0.2) is 30.3 Å². The summed E-state index contributed by atoms with van der Waals surface area (Å²) in [5.41, 5.74) is 0.662. The zero-order valence-electron chi connectivity index (χ0n) is 10.9. The van der Waals surface area contributed by atoms with Gasteiger partial charge in [-0.05, 0) is 12.8 Å². The molecule has 1 saturated heterocycles. The van der Waals surface area contributed by atoms with E-state index in [1.54, 1.807) is 6.92 Å². The van der Waals surface area contributed by atoms with Crippen molar-refractivity contribution >= 4 is 22.5 Å². The lowest BCUT2D eigenvalue weighted by Gasteiger charge is -2.23. The molecule has 2 nitrogen and oxygen atoms in total. The van der Waals surface area contributed by atoms with Crippen molar-refractivity contribution in [2.45, 2.75) is 31.4 Å². The van der Waals surface area contributed by atoms with Gasteiger partial charge in [0.05, 0.1) is 0 Å². The van der Waals surface area contributed by atoms with Gasteiger partial charge in [-0.25, -0.2) is 0 Å². The molecular formula is C15H19O2S+. The molecule has 0 aliphatic carbocycles. The summed E-state index contributed by atoms with van der Waals surface area (Å²) in [7, 11) is -0.0904. The minimum atomic E-state index is -0.808. The Kier molecular flexibility index (Phi) is 3.91. The van der Waals surface area contributed by atoms with Crippen molar-refractivity contribution < 1.29 is 9.59 Å². The van der Waals surface area contributed by atoms with Crippen LogP contribution < -0.4 is 0 Å². The number of ketones is 2. The first-order valence-corrected chi connectivity index (χ1v) is 7.91. The van der Waals surface area contributed by atoms with E-state index in [-0.39, 0.29) is 22.5 Å². The highest BCUT2D eigenvalue weighted by molar-refractivity contribution is 8.00. The van der Waals surface area contributed by atoms with Gasteiger partial charge in [0.2, 0.25) is 10.5 Å². The molecule has 2 rings (SSSR count). The maximum atomic E-state index is 12.7. The van der Waals surface area contributed by atoms with Gasteiger partial charge in [0.1, 0.15) is 11.5 Å². The number of Topliss-reactive ketones (excluding diaryl/α,β-unsaturated/α-hetero) is 2. The van der Waals surface area contributed by atoms with Crippen LogP contribution in [0.5, 0.6) is 0 Å². The molecule has 18 heavy (non-hydrogen) atoms. The van der Waals surface area contributed by atoms with E-state index in [0.29, 0.717) is 5.56 Å². The van der Waals surface area contributed by atoms with Crippen LogP contribution in [0.2, 0.25) is 0 Å². The van der Waals surface area contributed by atoms with E-state index in [1.165, 1.54) is 0 Å². The maximum absolute atomic E-state index is 12.7. The number of hydrogen-bond acceptors (Lipinski definition) is 2. The predicted molar refractivity (Wildman–Crippen MR) is 76.2 cm³/mol. The Labute approximate surface area is 111 Å². The van der Waals surface area contributed by atoms with Gasteiger partial charge >= 0.3 is 0 Å². The number of carbonyl (C=O) groups excluding carboxylic acids is 2. The molecule has 1 aliphatic heterocycles. The summed E-state index contributed by atoms with van der Waals surface area (Å²) >= 11 is 0. The van der Waals surface area contributed by atoms with E-state index in [9.17, 15) is 9.59 Å². The van der Waals surface area contributed by atoms with Crippen molar-refractivity contribution in [3.8, 4) is 0 Å². The van der Waals surface area contributed by atoms with E-state index in [0.717, 1.165) is 24.3 Å². The van der Waals surface area contributed by atoms with Crippen LogP contribution in [0.25, 0.3) is 0 Å². The Hall–Kier alpha value is -1.09. The van der Waals surface area contributed by atoms with Gasteiger partial charge in [-0.2, -0.15) is 0 Å². The molecule has 0 spiro atoms. The molecule has 3 heteroatoms. The Balaban J connectivity index is 2.36. The lowest BCUT2D eigenvalue weighted by molar-refractivity contribution is -0.117. The summed E-state index contributed by atoms with van der Waals surface area (Å²) in [6.45, 7) is 3.41. The predicted octanol–water partition coefficient (Wildman–Crippen LogP) is 2.63. The van der Waals surface area contributed by atoms with Gasteiger partial charge in [0.25, 0.3) is 0 Å². The fourth-order valence-corrected chi connectivity index (χ4v) is 5.33. The van der Waals surface area contributed by atoms with E-state index >= 15 is 0 Å². The van der Waals surface area contributed by atoms with Crippen LogP contribution >= 0.6 is 0 Å². The molecule has 1 aliphatic rings. The smallest absolute Gasteiger partial charge is 0.244 e. The second-order valence-corrected chi connectivity index (χ2v) is 7.51. The molecule has 0 N–H and O–H groups in total. The number of rotatable bonds is 4. The third-order valence-electron chi connectivity index (χ3n) is 3.75. The minimum Gasteiger partial charge on any atom is -0.294 e. The molecule has 96 valence electrons. The molecule has 1 fully saturated rings. The summed E-state index contributed by atoms with van der Waals surface area (Å²) in [6.07, 6.45) is 2.29. The monoisotopic (exact) mass is 263 g/mol. The van der Waals surface area contributed by atoms with Gasteiger partial charge in [-0.15, -0.1) is 0 Å². The average molecular weight is 263 g/mol. The maximum Gasteiger partial charge on any atom is 0.244 e. The molecule has 0 bridgehead atoms. The topological polar surface area (TPSA) is 34.1 Å². The molecule has 1 atom stereocenters. The summed E-state index contributed by atoms with van der Waals surface area (Å²) in [5.74, 6) is 2.06. The van der Waals surface area contributed by atoms with Crippen molar-refractivity contribution in [2.24, 2.45) is 0 Å². The highest BCUT2D eigenvalue weighted by Gasteiger charge is 2.54. The Morgan fingerprint density at radius 1 is 1.11 bits per heavy atom. The highest BCUT2D eigenvalue weighted by atomic mass is 32.2. The van der Waals surface area contributed by atoms with Crippen LogP contribution in [0.1, 0.15) is 37.0 Å². The van der Waals surface area contributed by atoms with Crippen molar-refractivity contribution in [3.05, 3.63) is 35.9 Å². The SMILES string of the molecule is CC(=O)C(C)(C(=O)c1ccccc1)[S+]1CCCC1. The summed E-state index contributed by atoms with van der Waals surface area (Å²) < 4.78 is -0.808. The first-order chi connectivity index (χ1) is 8.56. The van der Waals surface area contributed by atoms with E-state index in [1.807, 2.05) is 37.3 Å². The molecule has 0 amide bonds. The minimum absolute atomic E-state index is 0.000772. The lowest BCUT2D eigenvalue weighted by Crippen LogP contribution is -2.50. The van der Waals surface area contributed by atoms with Crippen LogP contribution in [0, 0.1) is 0 Å². The van der Waals surface area contributed by atoms with Crippen molar-refractivity contribution in [3.63, 3.8) is 0 Å². The van der Waals surface area contributed by atoms with Gasteiger partial charge < -0.3 is 0 Å². The van der Waals surface area contributed by atoms with Crippen LogP contribution in [0.4, 0.5) is 0 Å². The van der Waals surface area contributed by atoms with Crippen molar-refractivity contribution in [2.75, 3.05) is 11.5 Å². The second kappa shape index (κ2) is 5.27. The first-order valence-electron chi connectivity index (χ1n) is 6.35. The fourth-order valence-electron chi connectivity index (χ4n) is 2.42. The summed E-state index contributed by atoms with van der Waals surface area (Å²) in [5, 5.41) is 0. The average Bonchev–Trinajstić information content (AvgIpc) is 2.92. The van der Waals surface area contributed by atoms with Crippen molar-refractivity contribution in [1.82, 2.24) is 0 Å². The third-order valence-corrected chi connectivity index (χ3v) is 6.94. The first kappa shape index (κ1) is 13.3. The van der Waals surface area contributed by atoms with Gasteiger partial charge in [0.15, 0.2) is 5.78 Å². The van der Waals surface area contributed by atoms with Crippen LogP contribution in [0.3, 0.4) is 0 Å². The number of carbonyl (C=O) groups is 2. The lowest BCUT2D eigenvalue weighted by atomic mass is 9.95. The molecule has 1 heterocycles. The standard InChI is InChI=1S/C15H19O2S/c1-12(16)15(2,18-10-6-7-11-18)14(17)13-8-4-3-5-9-13/h3-5,8-9H,6-7,10-11H2,1-2H3/q+1. The van der Waals surface area contributed by atoms with Gasteiger partial charge in [-0.3, -0.25) is 9.59 Å². The second-order valence-electron chi connectivity index (χ2n) is 4.89. The quantitative estimate of drug-likeness (QED) is 0.475. The van der Waals surface area contributed by atoms with Gasteiger partial charge in [0, 0.05) is 30.3 Å². The largest absolute Gasteiger partial charge is 0.294 e. The third kappa shape index (κ3) is 2.24. The molecule has 1 aromatic rings. The molecule has 1 unspecified atom stereocenters. The zero-order chi connectivity index (χ0) is 13.2. The Morgan fingerprint density at radius 2 is 1.67 bits per heavy atom. The summed E-state index contributed by atoms with van der Waals surface area (Å²) in [6, 6.07) is 9.21. The van der Waals surface area contributed by atoms with E-state index in [4.69, 9.17) is 0 Å². The van der Waals surface area contributed by atoms with Crippen LogP contribution in [-0.2, 0) is 15.7 Å². The van der Waals surface area contributed by atoms with E-state index < -0.39 is 4.75 Å². The summed E-state index contributed by atoms with van der Waals surface area (Å²) in [4.78, 5) is 24.7. The molecule has 0 radical (unpaired) electrons. The highest BCUT2D eigenvalue weighted by Crippen LogP contribution is 2.31. The van der Waals surface area contributed by atoms with E-state index in [2.05, 4.69) is 0 Å². The Morgan fingerprint density at radius 3 is 2.17 bits per heavy atom. The molecule has 0 saturated carbocycles. The molecule has 1 aromatic carbocycles. The number of benzene rings is 1. The normalized spacial score (nSPS) is 19.4. The fraction of sp³-hybridized carbons (Fsp3) is 0.467. The molecule has 0 aromatic heterocycles. The van der Waals surface area contributed by atoms with Crippen molar-refractivity contribution in [1.29, 1.82) is 0 Å². The molecular weight excluding hydrogens is 244 g/mol.